The molecule has 5 nitrogen and oxygen atoms in total. The summed E-state index contributed by atoms with van der Waals surface area (Å²) < 4.78 is 7.53. The average Bonchev–Trinajstić information content (AvgIpc) is 3.15. The molecule has 5 heteroatoms. The highest BCUT2D eigenvalue weighted by atomic mass is 16.5. The van der Waals surface area contributed by atoms with Crippen molar-refractivity contribution in [2.24, 2.45) is 5.73 Å². The summed E-state index contributed by atoms with van der Waals surface area (Å²) in [4.78, 5) is 4.92. The van der Waals surface area contributed by atoms with Crippen LogP contribution < -0.4 is 10.5 Å². The first-order valence-corrected chi connectivity index (χ1v) is 10.1. The molecule has 0 spiro atoms. The zero-order chi connectivity index (χ0) is 20.6. The molecule has 0 atom stereocenters. The van der Waals surface area contributed by atoms with Gasteiger partial charge in [0.2, 0.25) is 0 Å². The number of hydrogen-bond acceptors (Lipinski definition) is 4. The molecule has 5 rings (SSSR count). The third kappa shape index (κ3) is 3.12. The van der Waals surface area contributed by atoms with Gasteiger partial charge in [-0.15, -0.1) is 0 Å². The first-order chi connectivity index (χ1) is 14.7. The summed E-state index contributed by atoms with van der Waals surface area (Å²) in [6.07, 6.45) is 5.22. The number of imidazole rings is 1. The molecule has 0 aliphatic heterocycles. The maximum absolute atomic E-state index is 8.78. The second-order valence-electron chi connectivity index (χ2n) is 7.80. The van der Waals surface area contributed by atoms with Gasteiger partial charge >= 0.3 is 0 Å². The van der Waals surface area contributed by atoms with E-state index >= 15 is 0 Å². The van der Waals surface area contributed by atoms with E-state index < -0.39 is 0 Å². The Balaban J connectivity index is 1.63. The van der Waals surface area contributed by atoms with Crippen LogP contribution in [0.3, 0.4) is 0 Å². The minimum absolute atomic E-state index is 0.0115. The number of rotatable bonds is 5. The van der Waals surface area contributed by atoms with Crippen LogP contribution in [-0.4, -0.2) is 16.0 Å². The monoisotopic (exact) mass is 394 g/mol. The smallest absolute Gasteiger partial charge is 0.174 e. The molecule has 148 valence electrons. The first kappa shape index (κ1) is 18.4. The van der Waals surface area contributed by atoms with E-state index in [2.05, 4.69) is 40.8 Å². The normalized spacial score (nSPS) is 14.8. The Kier molecular flexibility index (Phi) is 4.50. The van der Waals surface area contributed by atoms with Crippen molar-refractivity contribution < 1.29 is 4.74 Å². The Hall–Kier alpha value is -3.62. The highest BCUT2D eigenvalue weighted by Crippen LogP contribution is 2.40. The van der Waals surface area contributed by atoms with Gasteiger partial charge in [-0.25, -0.2) is 4.98 Å². The number of nitrogens with two attached hydrogens (primary N) is 1. The Bertz CT molecular complexity index is 1230. The molecule has 30 heavy (non-hydrogen) atoms. The first-order valence-electron chi connectivity index (χ1n) is 10.1. The van der Waals surface area contributed by atoms with E-state index in [0.717, 1.165) is 41.0 Å². The van der Waals surface area contributed by atoms with Crippen LogP contribution in [0.2, 0.25) is 0 Å². The Morgan fingerprint density at radius 2 is 1.80 bits per heavy atom. The van der Waals surface area contributed by atoms with Crippen molar-refractivity contribution in [3.63, 3.8) is 0 Å². The molecule has 0 unspecified atom stereocenters. The molecule has 1 aliphatic rings. The fourth-order valence-corrected chi connectivity index (χ4v) is 4.11. The summed E-state index contributed by atoms with van der Waals surface area (Å²) in [6, 6.07) is 24.5. The van der Waals surface area contributed by atoms with Crippen LogP contribution in [-0.2, 0) is 5.54 Å². The number of fused-ring (bicyclic) bond motifs is 1. The van der Waals surface area contributed by atoms with Crippen molar-refractivity contribution in [3.8, 4) is 34.3 Å². The number of nitrogens with zero attached hydrogens (tertiary/aromatic N) is 3. The van der Waals surface area contributed by atoms with E-state index in [1.165, 1.54) is 12.0 Å². The maximum Gasteiger partial charge on any atom is 0.174 e. The van der Waals surface area contributed by atoms with Crippen LogP contribution in [0.1, 0.15) is 24.8 Å². The lowest BCUT2D eigenvalue weighted by Gasteiger charge is -2.38. The van der Waals surface area contributed by atoms with Crippen molar-refractivity contribution in [2.75, 3.05) is 6.61 Å². The minimum atomic E-state index is -0.174. The molecule has 0 bridgehead atoms. The summed E-state index contributed by atoms with van der Waals surface area (Å²) in [7, 11) is 0. The fraction of sp³-hybridized carbons (Fsp3) is 0.200. The number of pyridine rings is 1. The highest BCUT2D eigenvalue weighted by molar-refractivity contribution is 5.82. The summed E-state index contributed by atoms with van der Waals surface area (Å²) in [5.41, 5.74) is 12.4. The number of aromatic nitrogens is 2. The molecule has 4 aromatic rings. The summed E-state index contributed by atoms with van der Waals surface area (Å²) in [5.74, 6) is 0.630. The predicted molar refractivity (Wildman–Crippen MR) is 117 cm³/mol. The van der Waals surface area contributed by atoms with Crippen LogP contribution in [0.15, 0.2) is 72.9 Å². The van der Waals surface area contributed by atoms with E-state index in [4.69, 9.17) is 20.7 Å². The lowest BCUT2D eigenvalue weighted by molar-refractivity contribution is 0.253. The Labute approximate surface area is 175 Å². The maximum atomic E-state index is 8.78. The Morgan fingerprint density at radius 1 is 1.03 bits per heavy atom. The van der Waals surface area contributed by atoms with Gasteiger partial charge in [0.1, 0.15) is 17.5 Å². The van der Waals surface area contributed by atoms with Gasteiger partial charge in [-0.05, 0) is 30.9 Å². The standard InChI is InChI=1S/C25H22N4O/c26-14-16-30-21-11-15-29-22(17-21)28-23(24(29)19-5-2-1-3-6-19)18-7-9-20(10-8-18)25(27)12-4-13-25/h1-3,5-11,15,17H,4,12-13,16,27H2. The molecular formula is C25H22N4O. The largest absolute Gasteiger partial charge is 0.479 e. The second kappa shape index (κ2) is 7.33. The van der Waals surface area contributed by atoms with Crippen molar-refractivity contribution in [1.82, 2.24) is 9.38 Å². The summed E-state index contributed by atoms with van der Waals surface area (Å²) in [6.45, 7) is 0.0115. The molecule has 2 aromatic carbocycles. The van der Waals surface area contributed by atoms with Gasteiger partial charge in [-0.3, -0.25) is 4.40 Å². The van der Waals surface area contributed by atoms with Gasteiger partial charge < -0.3 is 10.5 Å². The van der Waals surface area contributed by atoms with E-state index in [0.29, 0.717) is 5.75 Å². The molecule has 0 amide bonds. The SMILES string of the molecule is N#CCOc1ccn2c(-c3ccccc3)c(-c3ccc(C4(N)CCC4)cc3)nc2c1. The van der Waals surface area contributed by atoms with E-state index in [1.54, 1.807) is 0 Å². The quantitative estimate of drug-likeness (QED) is 0.522. The molecular weight excluding hydrogens is 372 g/mol. The number of benzene rings is 2. The predicted octanol–water partition coefficient (Wildman–Crippen LogP) is 4.91. The van der Waals surface area contributed by atoms with E-state index in [9.17, 15) is 0 Å². The van der Waals surface area contributed by atoms with Crippen LogP contribution in [0, 0.1) is 11.3 Å². The van der Waals surface area contributed by atoms with Gasteiger partial charge in [0.05, 0.1) is 11.4 Å². The van der Waals surface area contributed by atoms with Gasteiger partial charge in [0.15, 0.2) is 6.61 Å². The van der Waals surface area contributed by atoms with Crippen molar-refractivity contribution in [2.45, 2.75) is 24.8 Å². The fourth-order valence-electron chi connectivity index (χ4n) is 4.11. The lowest BCUT2D eigenvalue weighted by atomic mass is 9.72. The molecule has 0 radical (unpaired) electrons. The Morgan fingerprint density at radius 3 is 2.47 bits per heavy atom. The zero-order valence-corrected chi connectivity index (χ0v) is 16.6. The molecule has 1 saturated carbocycles. The van der Waals surface area contributed by atoms with Crippen LogP contribution in [0.4, 0.5) is 0 Å². The average molecular weight is 394 g/mol. The molecule has 1 fully saturated rings. The molecule has 2 N–H and O–H groups in total. The molecule has 2 heterocycles. The van der Waals surface area contributed by atoms with Crippen molar-refractivity contribution in [3.05, 3.63) is 78.5 Å². The lowest BCUT2D eigenvalue weighted by Crippen LogP contribution is -2.43. The number of ether oxygens (including phenoxy) is 1. The van der Waals surface area contributed by atoms with Gasteiger partial charge in [0.25, 0.3) is 0 Å². The van der Waals surface area contributed by atoms with Gasteiger partial charge in [-0.1, -0.05) is 54.6 Å². The van der Waals surface area contributed by atoms with Crippen LogP contribution >= 0.6 is 0 Å². The third-order valence-corrected chi connectivity index (χ3v) is 5.93. The van der Waals surface area contributed by atoms with E-state index in [-0.39, 0.29) is 12.1 Å². The van der Waals surface area contributed by atoms with Crippen molar-refractivity contribution in [1.29, 1.82) is 5.26 Å². The number of hydrogen-bond donors (Lipinski definition) is 1. The van der Waals surface area contributed by atoms with Crippen LogP contribution in [0.5, 0.6) is 5.75 Å². The molecule has 0 saturated heterocycles. The third-order valence-electron chi connectivity index (χ3n) is 5.93. The van der Waals surface area contributed by atoms with Gasteiger partial charge in [-0.2, -0.15) is 5.26 Å². The number of nitriles is 1. The highest BCUT2D eigenvalue weighted by Gasteiger charge is 2.34. The van der Waals surface area contributed by atoms with E-state index in [1.807, 2.05) is 42.6 Å². The topological polar surface area (TPSA) is 76.3 Å². The van der Waals surface area contributed by atoms with Crippen LogP contribution in [0.25, 0.3) is 28.2 Å². The summed E-state index contributed by atoms with van der Waals surface area (Å²) in [5, 5.41) is 8.78. The molecule has 2 aromatic heterocycles. The molecule has 1 aliphatic carbocycles. The van der Waals surface area contributed by atoms with Gasteiger partial charge in [0, 0.05) is 28.9 Å². The zero-order valence-electron chi connectivity index (χ0n) is 16.6. The minimum Gasteiger partial charge on any atom is -0.479 e. The summed E-state index contributed by atoms with van der Waals surface area (Å²) >= 11 is 0. The second-order valence-corrected chi connectivity index (χ2v) is 7.80. The van der Waals surface area contributed by atoms with Crippen molar-refractivity contribution >= 4 is 5.65 Å².